The van der Waals surface area contributed by atoms with E-state index in [1.807, 2.05) is 13.8 Å². The fraction of sp³-hybridized carbons (Fsp3) is 0.467. The van der Waals surface area contributed by atoms with E-state index in [0.29, 0.717) is 28.0 Å². The molecule has 2 nitrogen and oxygen atoms in total. The summed E-state index contributed by atoms with van der Waals surface area (Å²) >= 11 is 9.34. The van der Waals surface area contributed by atoms with Crippen LogP contribution in [-0.4, -0.2) is 6.04 Å². The van der Waals surface area contributed by atoms with Gasteiger partial charge in [-0.3, -0.25) is 0 Å². The van der Waals surface area contributed by atoms with Crippen LogP contribution in [0.3, 0.4) is 0 Å². The van der Waals surface area contributed by atoms with Crippen LogP contribution < -0.4 is 5.32 Å². The van der Waals surface area contributed by atoms with Crippen molar-refractivity contribution in [3.63, 3.8) is 0 Å². The summed E-state index contributed by atoms with van der Waals surface area (Å²) in [6.07, 6.45) is 0. The highest BCUT2D eigenvalue weighted by Crippen LogP contribution is 2.40. The average Bonchev–Trinajstić information content (AvgIpc) is 2.73. The first-order chi connectivity index (χ1) is 9.32. The summed E-state index contributed by atoms with van der Waals surface area (Å²) < 4.78 is 20.9. The van der Waals surface area contributed by atoms with Crippen LogP contribution in [0.2, 0.25) is 5.02 Å². The first-order valence-electron chi connectivity index (χ1n) is 6.65. The smallest absolute Gasteiger partial charge is 0.153 e. The van der Waals surface area contributed by atoms with E-state index in [2.05, 4.69) is 35.1 Å². The fourth-order valence-electron chi connectivity index (χ4n) is 2.28. The lowest BCUT2D eigenvalue weighted by Gasteiger charge is -2.10. The van der Waals surface area contributed by atoms with Crippen molar-refractivity contribution in [2.75, 3.05) is 0 Å². The number of rotatable bonds is 4. The van der Waals surface area contributed by atoms with E-state index in [9.17, 15) is 4.39 Å². The van der Waals surface area contributed by atoms with Gasteiger partial charge in [0.2, 0.25) is 0 Å². The van der Waals surface area contributed by atoms with Crippen molar-refractivity contribution in [2.24, 2.45) is 0 Å². The number of furan rings is 1. The Balaban J connectivity index is 2.67. The van der Waals surface area contributed by atoms with Gasteiger partial charge < -0.3 is 9.73 Å². The summed E-state index contributed by atoms with van der Waals surface area (Å²) in [6.45, 7) is 8.74. The molecular weight excluding hydrogens is 345 g/mol. The summed E-state index contributed by atoms with van der Waals surface area (Å²) in [6, 6.07) is 1.87. The molecule has 0 bridgehead atoms. The van der Waals surface area contributed by atoms with E-state index < -0.39 is 5.82 Å². The topological polar surface area (TPSA) is 25.2 Å². The van der Waals surface area contributed by atoms with Crippen molar-refractivity contribution in [3.05, 3.63) is 32.7 Å². The van der Waals surface area contributed by atoms with Crippen LogP contribution in [-0.2, 0) is 6.54 Å². The number of benzene rings is 1. The normalized spacial score (nSPS) is 12.1. The maximum atomic E-state index is 14.4. The highest BCUT2D eigenvalue weighted by Gasteiger charge is 2.23. The Hall–Kier alpha value is -0.580. The Bertz CT molecular complexity index is 637. The molecule has 0 saturated carbocycles. The molecule has 110 valence electrons. The van der Waals surface area contributed by atoms with Gasteiger partial charge in [0.05, 0.1) is 21.4 Å². The first kappa shape index (κ1) is 15.8. The van der Waals surface area contributed by atoms with Crippen molar-refractivity contribution in [1.29, 1.82) is 0 Å². The molecule has 0 unspecified atom stereocenters. The van der Waals surface area contributed by atoms with Gasteiger partial charge in [0, 0.05) is 11.6 Å². The Morgan fingerprint density at radius 2 is 2.00 bits per heavy atom. The third-order valence-electron chi connectivity index (χ3n) is 3.17. The van der Waals surface area contributed by atoms with E-state index in [4.69, 9.17) is 16.0 Å². The molecular formula is C15H18BrClFNO. The summed E-state index contributed by atoms with van der Waals surface area (Å²) in [5, 5.41) is 3.90. The molecule has 1 N–H and O–H groups in total. The minimum absolute atomic E-state index is 0.107. The lowest BCUT2D eigenvalue weighted by molar-refractivity contribution is 0.480. The fourth-order valence-corrected chi connectivity index (χ4v) is 3.12. The molecule has 0 amide bonds. The van der Waals surface area contributed by atoms with Crippen molar-refractivity contribution >= 4 is 38.5 Å². The lowest BCUT2D eigenvalue weighted by atomic mass is 9.99. The molecule has 5 heteroatoms. The summed E-state index contributed by atoms with van der Waals surface area (Å²) in [5.41, 5.74) is 1.41. The van der Waals surface area contributed by atoms with E-state index in [0.717, 1.165) is 11.3 Å². The monoisotopic (exact) mass is 361 g/mol. The van der Waals surface area contributed by atoms with Gasteiger partial charge in [-0.1, -0.05) is 39.3 Å². The van der Waals surface area contributed by atoms with Gasteiger partial charge in [-0.2, -0.15) is 0 Å². The van der Waals surface area contributed by atoms with Crippen LogP contribution in [0.1, 0.15) is 44.9 Å². The van der Waals surface area contributed by atoms with Crippen LogP contribution in [0.5, 0.6) is 0 Å². The first-order valence-corrected chi connectivity index (χ1v) is 7.82. The standard InChI is InChI=1S/C15H18BrClFNO/c1-7(2)12-11(6-19-8(3)4)20-15-9(16)5-10(17)14(18)13(12)15/h5,7-8,19H,6H2,1-4H3. The van der Waals surface area contributed by atoms with Gasteiger partial charge in [-0.15, -0.1) is 0 Å². The zero-order valence-corrected chi connectivity index (χ0v) is 14.3. The van der Waals surface area contributed by atoms with Gasteiger partial charge in [-0.25, -0.2) is 4.39 Å². The maximum absolute atomic E-state index is 14.4. The van der Waals surface area contributed by atoms with Gasteiger partial charge in [0.15, 0.2) is 11.4 Å². The van der Waals surface area contributed by atoms with E-state index in [1.54, 1.807) is 0 Å². The second-order valence-corrected chi connectivity index (χ2v) is 6.75. The quantitative estimate of drug-likeness (QED) is 0.715. The summed E-state index contributed by atoms with van der Waals surface area (Å²) in [7, 11) is 0. The minimum atomic E-state index is -0.409. The Labute approximate surface area is 131 Å². The summed E-state index contributed by atoms with van der Waals surface area (Å²) in [4.78, 5) is 0. The molecule has 20 heavy (non-hydrogen) atoms. The van der Waals surface area contributed by atoms with Gasteiger partial charge >= 0.3 is 0 Å². The molecule has 0 aliphatic carbocycles. The van der Waals surface area contributed by atoms with Crippen molar-refractivity contribution in [1.82, 2.24) is 5.32 Å². The molecule has 0 fully saturated rings. The van der Waals surface area contributed by atoms with E-state index in [-0.39, 0.29) is 10.9 Å². The highest BCUT2D eigenvalue weighted by atomic mass is 79.9. The molecule has 2 rings (SSSR count). The van der Waals surface area contributed by atoms with Gasteiger partial charge in [0.25, 0.3) is 0 Å². The van der Waals surface area contributed by atoms with Crippen LogP contribution in [0.15, 0.2) is 15.0 Å². The number of hydrogen-bond donors (Lipinski definition) is 1. The average molecular weight is 363 g/mol. The molecule has 1 aromatic carbocycles. The minimum Gasteiger partial charge on any atom is -0.458 e. The SMILES string of the molecule is CC(C)NCc1oc2c(Br)cc(Cl)c(F)c2c1C(C)C. The second kappa shape index (κ2) is 6.04. The number of fused-ring (bicyclic) bond motifs is 1. The molecule has 1 aromatic heterocycles. The molecule has 0 saturated heterocycles. The Morgan fingerprint density at radius 3 is 2.55 bits per heavy atom. The molecule has 0 aliphatic heterocycles. The zero-order valence-electron chi connectivity index (χ0n) is 12.0. The molecule has 1 heterocycles. The third kappa shape index (κ3) is 2.87. The number of nitrogens with one attached hydrogen (secondary N) is 1. The van der Waals surface area contributed by atoms with Crippen LogP contribution in [0.25, 0.3) is 11.0 Å². The number of halogens is 3. The van der Waals surface area contributed by atoms with Crippen LogP contribution in [0.4, 0.5) is 4.39 Å². The molecule has 2 aromatic rings. The number of hydrogen-bond acceptors (Lipinski definition) is 2. The van der Waals surface area contributed by atoms with Crippen molar-refractivity contribution in [2.45, 2.75) is 46.2 Å². The summed E-state index contributed by atoms with van der Waals surface area (Å²) in [5.74, 6) is 0.513. The van der Waals surface area contributed by atoms with Crippen LogP contribution in [0, 0.1) is 5.82 Å². The molecule has 0 radical (unpaired) electrons. The molecule has 0 atom stereocenters. The highest BCUT2D eigenvalue weighted by molar-refractivity contribution is 9.10. The van der Waals surface area contributed by atoms with Crippen molar-refractivity contribution < 1.29 is 8.81 Å². The van der Waals surface area contributed by atoms with E-state index in [1.165, 1.54) is 6.07 Å². The largest absolute Gasteiger partial charge is 0.458 e. The van der Waals surface area contributed by atoms with Crippen molar-refractivity contribution in [3.8, 4) is 0 Å². The van der Waals surface area contributed by atoms with Crippen LogP contribution >= 0.6 is 27.5 Å². The third-order valence-corrected chi connectivity index (χ3v) is 4.03. The zero-order chi connectivity index (χ0) is 15.0. The maximum Gasteiger partial charge on any atom is 0.153 e. The predicted octanol–water partition coefficient (Wildman–Crippen LogP) is 5.61. The Morgan fingerprint density at radius 1 is 1.35 bits per heavy atom. The second-order valence-electron chi connectivity index (χ2n) is 5.49. The molecule has 0 spiro atoms. The molecule has 0 aliphatic rings. The lowest BCUT2D eigenvalue weighted by Crippen LogP contribution is -2.22. The van der Waals surface area contributed by atoms with Gasteiger partial charge in [0.1, 0.15) is 5.76 Å². The predicted molar refractivity (Wildman–Crippen MR) is 84.9 cm³/mol. The van der Waals surface area contributed by atoms with Gasteiger partial charge in [-0.05, 0) is 27.9 Å². The Kier molecular flexibility index (Phi) is 4.77. The van der Waals surface area contributed by atoms with E-state index >= 15 is 0 Å².